The van der Waals surface area contributed by atoms with Crippen LogP contribution in [0.2, 0.25) is 0 Å². The van der Waals surface area contributed by atoms with Gasteiger partial charge in [-0.2, -0.15) is 0 Å². The summed E-state index contributed by atoms with van der Waals surface area (Å²) in [7, 11) is 0. The van der Waals surface area contributed by atoms with Crippen LogP contribution in [0.1, 0.15) is 39.0 Å². The van der Waals surface area contributed by atoms with Gasteiger partial charge in [-0.3, -0.25) is 10.1 Å². The summed E-state index contributed by atoms with van der Waals surface area (Å²) in [5.74, 6) is 0.711. The van der Waals surface area contributed by atoms with Gasteiger partial charge in [-0.05, 0) is 53.7 Å². The third kappa shape index (κ3) is 3.69. The predicted octanol–water partition coefficient (Wildman–Crippen LogP) is 4.74. The summed E-state index contributed by atoms with van der Waals surface area (Å²) >= 11 is 3.25. The number of nitrogens with one attached hydrogen (secondary N) is 1. The minimum atomic E-state index is -0.377. The van der Waals surface area contributed by atoms with E-state index in [9.17, 15) is 10.1 Å². The minimum Gasteiger partial charge on any atom is -0.382 e. The van der Waals surface area contributed by atoms with Crippen molar-refractivity contribution in [3.05, 3.63) is 32.8 Å². The molecule has 0 heterocycles. The molecule has 104 valence electrons. The molecule has 5 heteroatoms. The topological polar surface area (TPSA) is 55.2 Å². The molecule has 0 amide bonds. The van der Waals surface area contributed by atoms with Crippen LogP contribution in [-0.2, 0) is 0 Å². The first-order valence-electron chi connectivity index (χ1n) is 6.78. The van der Waals surface area contributed by atoms with Crippen molar-refractivity contribution in [3.8, 4) is 0 Å². The molecule has 1 aromatic rings. The van der Waals surface area contributed by atoms with Gasteiger partial charge in [0.2, 0.25) is 0 Å². The Bertz CT molecular complexity index is 459. The van der Waals surface area contributed by atoms with Gasteiger partial charge in [0.15, 0.2) is 0 Å². The van der Waals surface area contributed by atoms with E-state index in [0.29, 0.717) is 16.4 Å². The Kier molecular flexibility index (Phi) is 4.80. The Morgan fingerprint density at radius 2 is 2.05 bits per heavy atom. The van der Waals surface area contributed by atoms with Crippen molar-refractivity contribution < 1.29 is 4.92 Å². The van der Waals surface area contributed by atoms with Crippen molar-refractivity contribution in [2.75, 3.05) is 5.32 Å². The van der Waals surface area contributed by atoms with Gasteiger partial charge in [-0.25, -0.2) is 0 Å². The van der Waals surface area contributed by atoms with Gasteiger partial charge in [0.05, 0.1) is 9.40 Å². The minimum absolute atomic E-state index is 0.107. The molecule has 0 aliphatic heterocycles. The number of halogens is 1. The first kappa shape index (κ1) is 14.3. The third-order valence-electron chi connectivity index (χ3n) is 3.90. The molecule has 1 fully saturated rings. The number of nitro groups is 1. The molecule has 0 aromatic heterocycles. The molecule has 1 N–H and O–H groups in total. The van der Waals surface area contributed by atoms with E-state index in [1.165, 1.54) is 32.1 Å². The largest absolute Gasteiger partial charge is 0.382 e. The summed E-state index contributed by atoms with van der Waals surface area (Å²) < 4.78 is 0.526. The molecule has 0 bridgehead atoms. The summed E-state index contributed by atoms with van der Waals surface area (Å²) in [6, 6.07) is 5.52. The molecule has 1 unspecified atom stereocenters. The van der Waals surface area contributed by atoms with Gasteiger partial charge in [-0.1, -0.05) is 19.3 Å². The van der Waals surface area contributed by atoms with E-state index < -0.39 is 0 Å². The zero-order valence-electron chi connectivity index (χ0n) is 11.1. The molecule has 1 aliphatic carbocycles. The second kappa shape index (κ2) is 6.37. The van der Waals surface area contributed by atoms with Crippen molar-refractivity contribution in [2.45, 2.75) is 45.1 Å². The highest BCUT2D eigenvalue weighted by molar-refractivity contribution is 9.10. The van der Waals surface area contributed by atoms with E-state index in [1.807, 2.05) is 0 Å². The van der Waals surface area contributed by atoms with Crippen LogP contribution in [0.4, 0.5) is 11.4 Å². The number of nitrogens with zero attached hydrogens (tertiary/aromatic N) is 1. The molecule has 1 aliphatic rings. The highest BCUT2D eigenvalue weighted by Crippen LogP contribution is 2.31. The highest BCUT2D eigenvalue weighted by atomic mass is 79.9. The van der Waals surface area contributed by atoms with Crippen molar-refractivity contribution in [2.24, 2.45) is 5.92 Å². The van der Waals surface area contributed by atoms with Gasteiger partial charge < -0.3 is 5.32 Å². The second-order valence-corrected chi connectivity index (χ2v) is 6.11. The van der Waals surface area contributed by atoms with Crippen molar-refractivity contribution in [1.29, 1.82) is 0 Å². The van der Waals surface area contributed by atoms with E-state index in [-0.39, 0.29) is 10.6 Å². The number of hydrogen-bond donors (Lipinski definition) is 1. The lowest BCUT2D eigenvalue weighted by molar-refractivity contribution is -0.385. The first-order valence-corrected chi connectivity index (χ1v) is 7.57. The molecule has 19 heavy (non-hydrogen) atoms. The van der Waals surface area contributed by atoms with E-state index in [0.717, 1.165) is 5.69 Å². The van der Waals surface area contributed by atoms with Gasteiger partial charge in [0, 0.05) is 17.8 Å². The fourth-order valence-corrected chi connectivity index (χ4v) is 3.28. The summed E-state index contributed by atoms with van der Waals surface area (Å²) in [6.45, 7) is 2.20. The predicted molar refractivity (Wildman–Crippen MR) is 80.5 cm³/mol. The van der Waals surface area contributed by atoms with Crippen LogP contribution in [0.25, 0.3) is 0 Å². The average Bonchev–Trinajstić information content (AvgIpc) is 2.39. The molecule has 0 spiro atoms. The van der Waals surface area contributed by atoms with Crippen LogP contribution in [-0.4, -0.2) is 11.0 Å². The van der Waals surface area contributed by atoms with E-state index in [1.54, 1.807) is 18.2 Å². The SMILES string of the molecule is CC(Nc1ccc([N+](=O)[O-])c(Br)c1)C1CCCCC1. The lowest BCUT2D eigenvalue weighted by Crippen LogP contribution is -2.27. The summed E-state index contributed by atoms with van der Waals surface area (Å²) in [6.07, 6.45) is 6.55. The fraction of sp³-hybridized carbons (Fsp3) is 0.571. The highest BCUT2D eigenvalue weighted by Gasteiger charge is 2.20. The number of rotatable bonds is 4. The van der Waals surface area contributed by atoms with Gasteiger partial charge >= 0.3 is 0 Å². The van der Waals surface area contributed by atoms with E-state index in [4.69, 9.17) is 0 Å². The molecule has 1 aromatic carbocycles. The van der Waals surface area contributed by atoms with Crippen molar-refractivity contribution in [3.63, 3.8) is 0 Å². The summed E-state index contributed by atoms with van der Waals surface area (Å²) in [4.78, 5) is 10.4. The average molecular weight is 327 g/mol. The Balaban J connectivity index is 2.02. The van der Waals surface area contributed by atoms with Crippen LogP contribution < -0.4 is 5.32 Å². The molecule has 4 nitrogen and oxygen atoms in total. The van der Waals surface area contributed by atoms with E-state index >= 15 is 0 Å². The normalized spacial score (nSPS) is 18.0. The van der Waals surface area contributed by atoms with Crippen molar-refractivity contribution >= 4 is 27.3 Å². The molecule has 0 saturated heterocycles. The Labute approximate surface area is 121 Å². The smallest absolute Gasteiger partial charge is 0.283 e. The Morgan fingerprint density at radius 1 is 1.37 bits per heavy atom. The zero-order valence-corrected chi connectivity index (χ0v) is 12.6. The number of benzene rings is 1. The first-order chi connectivity index (χ1) is 9.08. The maximum absolute atomic E-state index is 10.8. The molecule has 0 radical (unpaired) electrons. The second-order valence-electron chi connectivity index (χ2n) is 5.25. The maximum atomic E-state index is 10.8. The number of anilines is 1. The Hall–Kier alpha value is -1.10. The zero-order chi connectivity index (χ0) is 13.8. The molecule has 2 rings (SSSR count). The Morgan fingerprint density at radius 3 is 2.63 bits per heavy atom. The van der Waals surface area contributed by atoms with Crippen LogP contribution in [0.5, 0.6) is 0 Å². The van der Waals surface area contributed by atoms with Gasteiger partial charge in [0.1, 0.15) is 0 Å². The van der Waals surface area contributed by atoms with Crippen LogP contribution >= 0.6 is 15.9 Å². The van der Waals surface area contributed by atoms with Crippen LogP contribution in [0, 0.1) is 16.0 Å². The maximum Gasteiger partial charge on any atom is 0.283 e. The molecular weight excluding hydrogens is 308 g/mol. The van der Waals surface area contributed by atoms with E-state index in [2.05, 4.69) is 28.2 Å². The molecule has 1 saturated carbocycles. The van der Waals surface area contributed by atoms with Gasteiger partial charge in [0.25, 0.3) is 5.69 Å². The number of nitro benzene ring substituents is 1. The molecular formula is C14H19BrN2O2. The standard InChI is InChI=1S/C14H19BrN2O2/c1-10(11-5-3-2-4-6-11)16-12-7-8-14(17(18)19)13(15)9-12/h7-11,16H,2-6H2,1H3. The third-order valence-corrected chi connectivity index (χ3v) is 4.53. The van der Waals surface area contributed by atoms with Crippen molar-refractivity contribution in [1.82, 2.24) is 0 Å². The van der Waals surface area contributed by atoms with Crippen LogP contribution in [0.3, 0.4) is 0 Å². The molecule has 1 atom stereocenters. The number of hydrogen-bond acceptors (Lipinski definition) is 3. The summed E-state index contributed by atoms with van der Waals surface area (Å²) in [5.41, 5.74) is 1.05. The lowest BCUT2D eigenvalue weighted by Gasteiger charge is -2.29. The monoisotopic (exact) mass is 326 g/mol. The lowest BCUT2D eigenvalue weighted by atomic mass is 9.84. The quantitative estimate of drug-likeness (QED) is 0.642. The van der Waals surface area contributed by atoms with Gasteiger partial charge in [-0.15, -0.1) is 0 Å². The van der Waals surface area contributed by atoms with Crippen LogP contribution in [0.15, 0.2) is 22.7 Å². The fourth-order valence-electron chi connectivity index (χ4n) is 2.76. The summed E-state index contributed by atoms with van der Waals surface area (Å²) in [5, 5.41) is 14.2.